The van der Waals surface area contributed by atoms with Crippen LogP contribution in [0.2, 0.25) is 0 Å². The lowest BCUT2D eigenvalue weighted by atomic mass is 9.84. The molecular weight excluding hydrogens is 292 g/mol. The van der Waals surface area contributed by atoms with E-state index in [1.807, 2.05) is 45.0 Å². The highest BCUT2D eigenvalue weighted by Gasteiger charge is 2.29. The van der Waals surface area contributed by atoms with Gasteiger partial charge in [0.2, 0.25) is 5.91 Å². The largest absolute Gasteiger partial charge is 0.354 e. The third-order valence-corrected chi connectivity index (χ3v) is 3.50. The van der Waals surface area contributed by atoms with E-state index in [1.54, 1.807) is 0 Å². The van der Waals surface area contributed by atoms with Crippen molar-refractivity contribution in [2.24, 2.45) is 0 Å². The molecule has 2 N–H and O–H groups in total. The molecule has 0 aromatic heterocycles. The first-order valence-corrected chi connectivity index (χ1v) is 7.03. The molecule has 0 saturated heterocycles. The topological polar surface area (TPSA) is 41.1 Å². The zero-order valence-electron chi connectivity index (χ0n) is 11.2. The lowest BCUT2D eigenvalue weighted by molar-refractivity contribution is -0.125. The van der Waals surface area contributed by atoms with E-state index in [1.165, 1.54) is 0 Å². The van der Waals surface area contributed by atoms with Crippen LogP contribution in [0.4, 0.5) is 0 Å². The summed E-state index contributed by atoms with van der Waals surface area (Å²) in [5, 5.41) is 6.14. The molecule has 0 bridgehead atoms. The van der Waals surface area contributed by atoms with E-state index in [4.69, 9.17) is 0 Å². The maximum absolute atomic E-state index is 12.2. The van der Waals surface area contributed by atoms with Gasteiger partial charge < -0.3 is 10.6 Å². The molecule has 1 amide bonds. The number of halogens is 1. The van der Waals surface area contributed by atoms with Crippen molar-refractivity contribution in [3.05, 3.63) is 34.3 Å². The molecule has 18 heavy (non-hydrogen) atoms. The minimum absolute atomic E-state index is 0.0581. The molecule has 100 valence electrons. The summed E-state index contributed by atoms with van der Waals surface area (Å²) in [5.74, 6) is 0.0581. The second-order valence-electron chi connectivity index (χ2n) is 4.74. The minimum Gasteiger partial charge on any atom is -0.354 e. The molecule has 1 aromatic rings. The maximum atomic E-state index is 12.2. The summed E-state index contributed by atoms with van der Waals surface area (Å²) in [6, 6.07) is 7.88. The van der Waals surface area contributed by atoms with Crippen molar-refractivity contribution < 1.29 is 4.79 Å². The first kappa shape index (κ1) is 15.2. The average Bonchev–Trinajstić information content (AvgIpc) is 2.35. The van der Waals surface area contributed by atoms with E-state index < -0.39 is 5.41 Å². The Bertz CT molecular complexity index is 387. The molecule has 3 nitrogen and oxygen atoms in total. The van der Waals surface area contributed by atoms with Gasteiger partial charge in [-0.05, 0) is 38.1 Å². The number of amides is 1. The highest BCUT2D eigenvalue weighted by atomic mass is 79.9. The number of nitrogens with one attached hydrogen (secondary N) is 2. The Balaban J connectivity index is 2.61. The van der Waals surface area contributed by atoms with Gasteiger partial charge in [-0.1, -0.05) is 35.0 Å². The summed E-state index contributed by atoms with van der Waals surface area (Å²) < 4.78 is 1.02. The lowest BCUT2D eigenvalue weighted by Crippen LogP contribution is -2.42. The van der Waals surface area contributed by atoms with E-state index in [0.717, 1.165) is 23.1 Å². The van der Waals surface area contributed by atoms with Gasteiger partial charge in [0.1, 0.15) is 0 Å². The Hall–Kier alpha value is -0.870. The summed E-state index contributed by atoms with van der Waals surface area (Å²) in [7, 11) is 0. The first-order valence-electron chi connectivity index (χ1n) is 6.23. The molecule has 0 heterocycles. The van der Waals surface area contributed by atoms with E-state index in [-0.39, 0.29) is 5.91 Å². The molecular formula is C14H21BrN2O. The normalized spacial score (nSPS) is 11.3. The summed E-state index contributed by atoms with van der Waals surface area (Å²) in [6.07, 6.45) is 0. The van der Waals surface area contributed by atoms with Crippen molar-refractivity contribution >= 4 is 21.8 Å². The van der Waals surface area contributed by atoms with Crippen LogP contribution < -0.4 is 10.6 Å². The number of hydrogen-bond acceptors (Lipinski definition) is 2. The smallest absolute Gasteiger partial charge is 0.230 e. The third-order valence-electron chi connectivity index (χ3n) is 2.97. The van der Waals surface area contributed by atoms with Gasteiger partial charge in [0, 0.05) is 17.6 Å². The molecule has 0 atom stereocenters. The molecule has 0 aliphatic rings. The molecule has 0 radical (unpaired) electrons. The molecule has 1 rings (SSSR count). The van der Waals surface area contributed by atoms with Crippen LogP contribution in [0.3, 0.4) is 0 Å². The van der Waals surface area contributed by atoms with Crippen molar-refractivity contribution in [3.8, 4) is 0 Å². The Morgan fingerprint density at radius 3 is 2.39 bits per heavy atom. The van der Waals surface area contributed by atoms with Gasteiger partial charge in [-0.2, -0.15) is 0 Å². The molecule has 0 unspecified atom stereocenters. The highest BCUT2D eigenvalue weighted by Crippen LogP contribution is 2.24. The summed E-state index contributed by atoms with van der Waals surface area (Å²) in [6.45, 7) is 8.32. The van der Waals surface area contributed by atoms with Gasteiger partial charge >= 0.3 is 0 Å². The minimum atomic E-state index is -0.507. The molecule has 1 aromatic carbocycles. The van der Waals surface area contributed by atoms with Crippen LogP contribution in [0.1, 0.15) is 26.3 Å². The standard InChI is InChI=1S/C14H21BrN2O/c1-4-16-9-10-17-13(18)14(2,3)11-5-7-12(15)8-6-11/h5-8,16H,4,9-10H2,1-3H3,(H,17,18). The number of hydrogen-bond donors (Lipinski definition) is 2. The fourth-order valence-electron chi connectivity index (χ4n) is 1.66. The van der Waals surface area contributed by atoms with Crippen molar-refractivity contribution in [2.75, 3.05) is 19.6 Å². The van der Waals surface area contributed by atoms with Crippen molar-refractivity contribution in [3.63, 3.8) is 0 Å². The van der Waals surface area contributed by atoms with Crippen LogP contribution in [-0.4, -0.2) is 25.5 Å². The predicted molar refractivity (Wildman–Crippen MR) is 78.7 cm³/mol. The van der Waals surface area contributed by atoms with Crippen LogP contribution in [0.15, 0.2) is 28.7 Å². The van der Waals surface area contributed by atoms with Crippen LogP contribution in [0.5, 0.6) is 0 Å². The Morgan fingerprint density at radius 2 is 1.83 bits per heavy atom. The van der Waals surface area contributed by atoms with Crippen LogP contribution in [-0.2, 0) is 10.2 Å². The third kappa shape index (κ3) is 4.10. The number of benzene rings is 1. The van der Waals surface area contributed by atoms with Crippen LogP contribution >= 0.6 is 15.9 Å². The summed E-state index contributed by atoms with van der Waals surface area (Å²) >= 11 is 3.40. The lowest BCUT2D eigenvalue weighted by Gasteiger charge is -2.24. The zero-order chi connectivity index (χ0) is 13.6. The van der Waals surface area contributed by atoms with Crippen molar-refractivity contribution in [1.82, 2.24) is 10.6 Å². The van der Waals surface area contributed by atoms with E-state index >= 15 is 0 Å². The fraction of sp³-hybridized carbons (Fsp3) is 0.500. The van der Waals surface area contributed by atoms with Gasteiger partial charge in [0.15, 0.2) is 0 Å². The number of carbonyl (C=O) groups is 1. The fourth-order valence-corrected chi connectivity index (χ4v) is 1.92. The quantitative estimate of drug-likeness (QED) is 0.792. The monoisotopic (exact) mass is 312 g/mol. The van der Waals surface area contributed by atoms with E-state index in [0.29, 0.717) is 6.54 Å². The second kappa shape index (κ2) is 6.90. The average molecular weight is 313 g/mol. The van der Waals surface area contributed by atoms with Crippen LogP contribution in [0.25, 0.3) is 0 Å². The first-order chi connectivity index (χ1) is 8.48. The van der Waals surface area contributed by atoms with Gasteiger partial charge in [-0.3, -0.25) is 4.79 Å². The molecule has 0 aliphatic heterocycles. The Labute approximate surface area is 117 Å². The van der Waals surface area contributed by atoms with Crippen LogP contribution in [0, 0.1) is 0 Å². The predicted octanol–water partition coefficient (Wildman–Crippen LogP) is 2.45. The maximum Gasteiger partial charge on any atom is 0.230 e. The van der Waals surface area contributed by atoms with Crippen molar-refractivity contribution in [2.45, 2.75) is 26.2 Å². The molecule has 4 heteroatoms. The van der Waals surface area contributed by atoms with Gasteiger partial charge in [-0.15, -0.1) is 0 Å². The van der Waals surface area contributed by atoms with E-state index in [2.05, 4.69) is 26.6 Å². The zero-order valence-corrected chi connectivity index (χ0v) is 12.8. The van der Waals surface area contributed by atoms with Gasteiger partial charge in [0.05, 0.1) is 5.41 Å². The molecule has 0 spiro atoms. The second-order valence-corrected chi connectivity index (χ2v) is 5.66. The summed E-state index contributed by atoms with van der Waals surface area (Å²) in [4.78, 5) is 12.2. The van der Waals surface area contributed by atoms with E-state index in [9.17, 15) is 4.79 Å². The van der Waals surface area contributed by atoms with Gasteiger partial charge in [0.25, 0.3) is 0 Å². The molecule has 0 saturated carbocycles. The number of carbonyl (C=O) groups excluding carboxylic acids is 1. The molecule has 0 aliphatic carbocycles. The Kier molecular flexibility index (Phi) is 5.82. The van der Waals surface area contributed by atoms with Crippen molar-refractivity contribution in [1.29, 1.82) is 0 Å². The summed E-state index contributed by atoms with van der Waals surface area (Å²) in [5.41, 5.74) is 0.513. The Morgan fingerprint density at radius 1 is 1.22 bits per heavy atom. The number of rotatable bonds is 6. The highest BCUT2D eigenvalue weighted by molar-refractivity contribution is 9.10. The van der Waals surface area contributed by atoms with Gasteiger partial charge in [-0.25, -0.2) is 0 Å². The molecule has 0 fully saturated rings. The number of likely N-dealkylation sites (N-methyl/N-ethyl adjacent to an activating group) is 1. The SMILES string of the molecule is CCNCCNC(=O)C(C)(C)c1ccc(Br)cc1.